The van der Waals surface area contributed by atoms with E-state index in [4.69, 9.17) is 14.6 Å². The Morgan fingerprint density at radius 1 is 0.971 bits per heavy atom. The lowest BCUT2D eigenvalue weighted by Gasteiger charge is -2.12. The number of ether oxygens (including phenoxy) is 2. The van der Waals surface area contributed by atoms with Gasteiger partial charge in [-0.3, -0.25) is 9.69 Å². The molecule has 1 saturated heterocycles. The average Bonchev–Trinajstić information content (AvgIpc) is 3.11. The van der Waals surface area contributed by atoms with E-state index >= 15 is 0 Å². The Kier molecular flexibility index (Phi) is 6.59. The second kappa shape index (κ2) is 9.91. The predicted octanol–water partition coefficient (Wildman–Crippen LogP) is 4.07. The quantitative estimate of drug-likeness (QED) is 0.390. The van der Waals surface area contributed by atoms with Gasteiger partial charge in [-0.05, 0) is 47.0 Å². The molecule has 3 amide bonds. The van der Waals surface area contributed by atoms with Crippen molar-refractivity contribution in [2.75, 3.05) is 7.11 Å². The Bertz CT molecular complexity index is 1270. The fraction of sp³-hybridized carbons (Fsp3) is 0.115. The molecule has 34 heavy (non-hydrogen) atoms. The number of carbonyl (C=O) groups excluding carboxylic acids is 2. The monoisotopic (exact) mass is 458 g/mol. The maximum Gasteiger partial charge on any atom is 0.335 e. The molecule has 3 aromatic rings. The fourth-order valence-corrected chi connectivity index (χ4v) is 3.50. The molecule has 2 N–H and O–H groups in total. The third-order valence-electron chi connectivity index (χ3n) is 5.21. The van der Waals surface area contributed by atoms with E-state index in [-0.39, 0.29) is 24.4 Å². The molecule has 1 aliphatic heterocycles. The summed E-state index contributed by atoms with van der Waals surface area (Å²) in [6.07, 6.45) is 1.58. The molecule has 4 rings (SSSR count). The highest BCUT2D eigenvalue weighted by molar-refractivity contribution is 6.13. The first kappa shape index (κ1) is 22.6. The number of carboxylic acid groups (broad SMARTS) is 1. The van der Waals surface area contributed by atoms with E-state index in [0.717, 1.165) is 10.5 Å². The van der Waals surface area contributed by atoms with Gasteiger partial charge in [-0.15, -0.1) is 0 Å². The van der Waals surface area contributed by atoms with E-state index in [0.29, 0.717) is 22.6 Å². The minimum Gasteiger partial charge on any atom is -0.493 e. The normalized spacial score (nSPS) is 14.3. The third kappa shape index (κ3) is 5.07. The number of rotatable bonds is 8. The number of nitrogens with zero attached hydrogens (tertiary/aromatic N) is 1. The van der Waals surface area contributed by atoms with Crippen LogP contribution in [-0.2, 0) is 17.9 Å². The van der Waals surface area contributed by atoms with Gasteiger partial charge in [0, 0.05) is 0 Å². The summed E-state index contributed by atoms with van der Waals surface area (Å²) in [6, 6.07) is 20.4. The van der Waals surface area contributed by atoms with Gasteiger partial charge in [-0.25, -0.2) is 9.59 Å². The van der Waals surface area contributed by atoms with Crippen LogP contribution in [0.5, 0.6) is 11.5 Å². The molecule has 0 bridgehead atoms. The fourth-order valence-electron chi connectivity index (χ4n) is 3.50. The molecule has 0 atom stereocenters. The molecule has 0 unspecified atom stereocenters. The van der Waals surface area contributed by atoms with Crippen LogP contribution in [-0.4, -0.2) is 35.0 Å². The SMILES string of the molecule is COc1cc(/C=C2/NC(=O)N(Cc3ccccc3)C2=O)ccc1OCc1cccc(C(=O)O)c1. The van der Waals surface area contributed by atoms with Crippen LogP contribution in [0, 0.1) is 0 Å². The Morgan fingerprint density at radius 3 is 2.47 bits per heavy atom. The number of urea groups is 1. The van der Waals surface area contributed by atoms with Gasteiger partial charge < -0.3 is 19.9 Å². The number of hydrogen-bond acceptors (Lipinski definition) is 5. The van der Waals surface area contributed by atoms with Gasteiger partial charge in [-0.1, -0.05) is 48.5 Å². The van der Waals surface area contributed by atoms with Crippen molar-refractivity contribution in [3.05, 3.63) is 101 Å². The average molecular weight is 458 g/mol. The lowest BCUT2D eigenvalue weighted by atomic mass is 10.1. The van der Waals surface area contributed by atoms with Crippen LogP contribution in [0.3, 0.4) is 0 Å². The van der Waals surface area contributed by atoms with Crippen LogP contribution in [0.4, 0.5) is 4.79 Å². The maximum atomic E-state index is 12.8. The van der Waals surface area contributed by atoms with Crippen molar-refractivity contribution in [2.45, 2.75) is 13.2 Å². The largest absolute Gasteiger partial charge is 0.493 e. The summed E-state index contributed by atoms with van der Waals surface area (Å²) in [4.78, 5) is 37.4. The molecule has 3 aromatic carbocycles. The molecule has 8 nitrogen and oxygen atoms in total. The first-order chi connectivity index (χ1) is 16.4. The van der Waals surface area contributed by atoms with Gasteiger partial charge in [0.1, 0.15) is 12.3 Å². The molecule has 0 aromatic heterocycles. The number of aromatic carboxylic acids is 1. The summed E-state index contributed by atoms with van der Waals surface area (Å²) >= 11 is 0. The number of carboxylic acids is 1. The Balaban J connectivity index is 1.48. The molecule has 1 fully saturated rings. The van der Waals surface area contributed by atoms with E-state index in [1.165, 1.54) is 13.2 Å². The number of imide groups is 1. The minimum atomic E-state index is -1.01. The van der Waals surface area contributed by atoms with Crippen molar-refractivity contribution >= 4 is 24.0 Å². The van der Waals surface area contributed by atoms with Crippen LogP contribution in [0.15, 0.2) is 78.5 Å². The van der Waals surface area contributed by atoms with Gasteiger partial charge in [-0.2, -0.15) is 0 Å². The first-order valence-electron chi connectivity index (χ1n) is 10.5. The van der Waals surface area contributed by atoms with E-state index in [1.54, 1.807) is 42.5 Å². The molecule has 172 valence electrons. The molecular formula is C26H22N2O6. The van der Waals surface area contributed by atoms with Crippen molar-refractivity contribution in [1.29, 1.82) is 0 Å². The Labute approximate surface area is 196 Å². The standard InChI is InChI=1S/C26H22N2O6/c1-33-23-14-18(10-11-22(23)34-16-19-8-5-9-20(12-19)25(30)31)13-21-24(29)28(26(32)27-21)15-17-6-3-2-4-7-17/h2-14H,15-16H2,1H3,(H,27,32)(H,30,31)/b21-13+. The number of hydrogen-bond donors (Lipinski definition) is 2. The second-order valence-electron chi connectivity index (χ2n) is 7.57. The Hall–Kier alpha value is -4.59. The number of nitrogens with one attached hydrogen (secondary N) is 1. The summed E-state index contributed by atoms with van der Waals surface area (Å²) in [7, 11) is 1.49. The van der Waals surface area contributed by atoms with Gasteiger partial charge in [0.25, 0.3) is 5.91 Å². The molecule has 1 aliphatic rings. The van der Waals surface area contributed by atoms with E-state index < -0.39 is 17.9 Å². The van der Waals surface area contributed by atoms with Crippen LogP contribution >= 0.6 is 0 Å². The molecule has 0 aliphatic carbocycles. The van der Waals surface area contributed by atoms with E-state index in [1.807, 2.05) is 30.3 Å². The van der Waals surface area contributed by atoms with Gasteiger partial charge >= 0.3 is 12.0 Å². The lowest BCUT2D eigenvalue weighted by molar-refractivity contribution is -0.123. The Morgan fingerprint density at radius 2 is 1.74 bits per heavy atom. The van der Waals surface area contributed by atoms with Crippen LogP contribution < -0.4 is 14.8 Å². The number of amides is 3. The van der Waals surface area contributed by atoms with E-state index in [2.05, 4.69) is 5.32 Å². The number of methoxy groups -OCH3 is 1. The zero-order valence-corrected chi connectivity index (χ0v) is 18.4. The molecule has 0 radical (unpaired) electrons. The van der Waals surface area contributed by atoms with E-state index in [9.17, 15) is 14.4 Å². The molecule has 8 heteroatoms. The number of benzene rings is 3. The summed E-state index contributed by atoms with van der Waals surface area (Å²) in [5.74, 6) is -0.529. The lowest BCUT2D eigenvalue weighted by Crippen LogP contribution is -2.30. The van der Waals surface area contributed by atoms with Crippen LogP contribution in [0.2, 0.25) is 0 Å². The highest BCUT2D eigenvalue weighted by Crippen LogP contribution is 2.30. The number of carbonyl (C=O) groups is 3. The zero-order valence-electron chi connectivity index (χ0n) is 18.4. The zero-order chi connectivity index (χ0) is 24.1. The van der Waals surface area contributed by atoms with Gasteiger partial charge in [0.2, 0.25) is 0 Å². The van der Waals surface area contributed by atoms with Crippen molar-refractivity contribution in [1.82, 2.24) is 10.2 Å². The predicted molar refractivity (Wildman–Crippen MR) is 124 cm³/mol. The molecule has 1 heterocycles. The van der Waals surface area contributed by atoms with Gasteiger partial charge in [0.05, 0.1) is 19.2 Å². The molecular weight excluding hydrogens is 436 g/mol. The summed E-state index contributed by atoms with van der Waals surface area (Å²) in [5, 5.41) is 11.7. The highest BCUT2D eigenvalue weighted by atomic mass is 16.5. The summed E-state index contributed by atoms with van der Waals surface area (Å²) in [5.41, 5.74) is 2.54. The van der Waals surface area contributed by atoms with Crippen molar-refractivity contribution in [3.8, 4) is 11.5 Å². The second-order valence-corrected chi connectivity index (χ2v) is 7.57. The summed E-state index contributed by atoms with van der Waals surface area (Å²) in [6.45, 7) is 0.336. The molecule has 0 saturated carbocycles. The molecule has 0 spiro atoms. The van der Waals surface area contributed by atoms with Crippen LogP contribution in [0.1, 0.15) is 27.0 Å². The summed E-state index contributed by atoms with van der Waals surface area (Å²) < 4.78 is 11.2. The van der Waals surface area contributed by atoms with Gasteiger partial charge in [0.15, 0.2) is 11.5 Å². The van der Waals surface area contributed by atoms with Crippen molar-refractivity contribution in [3.63, 3.8) is 0 Å². The minimum absolute atomic E-state index is 0.154. The first-order valence-corrected chi connectivity index (χ1v) is 10.5. The third-order valence-corrected chi connectivity index (χ3v) is 5.21. The smallest absolute Gasteiger partial charge is 0.335 e. The highest BCUT2D eigenvalue weighted by Gasteiger charge is 2.33. The maximum absolute atomic E-state index is 12.8. The van der Waals surface area contributed by atoms with Crippen molar-refractivity contribution in [2.24, 2.45) is 0 Å². The van der Waals surface area contributed by atoms with Crippen LogP contribution in [0.25, 0.3) is 6.08 Å². The van der Waals surface area contributed by atoms with Crippen molar-refractivity contribution < 1.29 is 29.0 Å². The topological polar surface area (TPSA) is 105 Å².